The number of imidazole rings is 1. The lowest BCUT2D eigenvalue weighted by Gasteiger charge is -2.08. The third kappa shape index (κ3) is 5.13. The molecule has 30 heavy (non-hydrogen) atoms. The third-order valence-corrected chi connectivity index (χ3v) is 4.93. The summed E-state index contributed by atoms with van der Waals surface area (Å²) in [7, 11) is 0. The lowest BCUT2D eigenvalue weighted by atomic mass is 10.2. The summed E-state index contributed by atoms with van der Waals surface area (Å²) in [5.74, 6) is -0.0850. The van der Waals surface area contributed by atoms with E-state index in [2.05, 4.69) is 22.4 Å². The monoisotopic (exact) mass is 399 g/mol. The molecule has 5 heteroatoms. The first-order valence-electron chi connectivity index (χ1n) is 10.1. The number of pyridine rings is 1. The van der Waals surface area contributed by atoms with Crippen LogP contribution in [0.3, 0.4) is 0 Å². The van der Waals surface area contributed by atoms with E-state index in [0.717, 1.165) is 34.6 Å². The second-order valence-electron chi connectivity index (χ2n) is 7.37. The van der Waals surface area contributed by atoms with Gasteiger partial charge in [-0.05, 0) is 48.2 Å². The summed E-state index contributed by atoms with van der Waals surface area (Å²) in [5, 5.41) is 2.96. The molecule has 0 fully saturated rings. The van der Waals surface area contributed by atoms with Crippen LogP contribution >= 0.6 is 0 Å². The molecule has 0 atom stereocenters. The maximum Gasteiger partial charge on any atom is 0.230 e. The highest BCUT2D eigenvalue weighted by atomic mass is 16.5. The molecule has 0 aliphatic rings. The van der Waals surface area contributed by atoms with Crippen molar-refractivity contribution in [1.82, 2.24) is 9.38 Å². The van der Waals surface area contributed by atoms with E-state index in [1.165, 1.54) is 5.56 Å². The highest BCUT2D eigenvalue weighted by Crippen LogP contribution is 2.14. The number of ether oxygens (including phenoxy) is 1. The van der Waals surface area contributed by atoms with Crippen LogP contribution in [0.25, 0.3) is 5.65 Å². The normalized spacial score (nSPS) is 11.0. The van der Waals surface area contributed by atoms with E-state index in [1.54, 1.807) is 0 Å². The Morgan fingerprint density at radius 3 is 2.70 bits per heavy atom. The quantitative estimate of drug-likeness (QED) is 0.441. The van der Waals surface area contributed by atoms with E-state index in [4.69, 9.17) is 4.74 Å². The molecule has 2 heterocycles. The Bertz CT molecular complexity index is 1140. The zero-order valence-corrected chi connectivity index (χ0v) is 17.0. The lowest BCUT2D eigenvalue weighted by Crippen LogP contribution is -2.14. The number of aryl methyl sites for hydroxylation is 1. The van der Waals surface area contributed by atoms with Crippen LogP contribution in [0.1, 0.15) is 22.4 Å². The molecule has 152 valence electrons. The van der Waals surface area contributed by atoms with Crippen LogP contribution in [-0.2, 0) is 29.0 Å². The molecule has 2 aromatic heterocycles. The van der Waals surface area contributed by atoms with Crippen LogP contribution in [-0.4, -0.2) is 21.9 Å². The molecule has 1 amide bonds. The maximum absolute atomic E-state index is 12.5. The fourth-order valence-electron chi connectivity index (χ4n) is 3.42. The van der Waals surface area contributed by atoms with Gasteiger partial charge in [-0.2, -0.15) is 0 Å². The number of rotatable bonds is 8. The maximum atomic E-state index is 12.5. The highest BCUT2D eigenvalue weighted by molar-refractivity contribution is 5.92. The SMILES string of the molecule is Cc1cccn2cc(CC(=O)Nc3cccc(COCCc4ccccc4)c3)nc12. The van der Waals surface area contributed by atoms with Crippen LogP contribution in [0.2, 0.25) is 0 Å². The predicted molar refractivity (Wildman–Crippen MR) is 119 cm³/mol. The van der Waals surface area contributed by atoms with Crippen molar-refractivity contribution in [2.75, 3.05) is 11.9 Å². The number of hydrogen-bond donors (Lipinski definition) is 1. The van der Waals surface area contributed by atoms with Crippen molar-refractivity contribution in [3.8, 4) is 0 Å². The smallest absolute Gasteiger partial charge is 0.230 e. The summed E-state index contributed by atoms with van der Waals surface area (Å²) >= 11 is 0. The van der Waals surface area contributed by atoms with Gasteiger partial charge in [-0.3, -0.25) is 4.79 Å². The Hall–Kier alpha value is -3.44. The molecule has 2 aromatic carbocycles. The minimum Gasteiger partial charge on any atom is -0.376 e. The minimum absolute atomic E-state index is 0.0850. The number of carbonyl (C=O) groups is 1. The molecule has 0 aliphatic heterocycles. The number of hydrogen-bond acceptors (Lipinski definition) is 3. The molecule has 0 bridgehead atoms. The van der Waals surface area contributed by atoms with Crippen molar-refractivity contribution in [3.05, 3.63) is 102 Å². The zero-order chi connectivity index (χ0) is 20.8. The van der Waals surface area contributed by atoms with Gasteiger partial charge in [0.1, 0.15) is 5.65 Å². The predicted octanol–water partition coefficient (Wildman–Crippen LogP) is 4.58. The van der Waals surface area contributed by atoms with Gasteiger partial charge in [0.05, 0.1) is 25.3 Å². The molecule has 0 saturated heterocycles. The second-order valence-corrected chi connectivity index (χ2v) is 7.37. The summed E-state index contributed by atoms with van der Waals surface area (Å²) in [6, 6.07) is 22.1. The first-order valence-corrected chi connectivity index (χ1v) is 10.1. The van der Waals surface area contributed by atoms with Gasteiger partial charge in [0.15, 0.2) is 0 Å². The highest BCUT2D eigenvalue weighted by Gasteiger charge is 2.09. The average Bonchev–Trinajstić information content (AvgIpc) is 3.16. The van der Waals surface area contributed by atoms with Gasteiger partial charge in [-0.25, -0.2) is 4.98 Å². The largest absolute Gasteiger partial charge is 0.376 e. The van der Waals surface area contributed by atoms with Crippen molar-refractivity contribution in [1.29, 1.82) is 0 Å². The molecule has 0 unspecified atom stereocenters. The summed E-state index contributed by atoms with van der Waals surface area (Å²) in [6.45, 7) is 3.19. The molecular weight excluding hydrogens is 374 g/mol. The summed E-state index contributed by atoms with van der Waals surface area (Å²) in [4.78, 5) is 17.0. The van der Waals surface area contributed by atoms with E-state index in [9.17, 15) is 4.79 Å². The number of nitrogens with one attached hydrogen (secondary N) is 1. The fraction of sp³-hybridized carbons (Fsp3) is 0.200. The van der Waals surface area contributed by atoms with Crippen molar-refractivity contribution in [3.63, 3.8) is 0 Å². The minimum atomic E-state index is -0.0850. The molecule has 4 rings (SSSR count). The van der Waals surface area contributed by atoms with Gasteiger partial charge in [0.25, 0.3) is 0 Å². The van der Waals surface area contributed by atoms with E-state index >= 15 is 0 Å². The van der Waals surface area contributed by atoms with Crippen molar-refractivity contribution in [2.45, 2.75) is 26.4 Å². The van der Waals surface area contributed by atoms with E-state index in [-0.39, 0.29) is 12.3 Å². The number of benzene rings is 2. The average molecular weight is 399 g/mol. The number of amides is 1. The summed E-state index contributed by atoms with van der Waals surface area (Å²) in [5.41, 5.74) is 5.79. The number of nitrogens with zero attached hydrogens (tertiary/aromatic N) is 2. The van der Waals surface area contributed by atoms with Gasteiger partial charge < -0.3 is 14.5 Å². The topological polar surface area (TPSA) is 55.6 Å². The Kier molecular flexibility index (Phi) is 6.20. The van der Waals surface area contributed by atoms with Crippen LogP contribution in [0, 0.1) is 6.92 Å². The van der Waals surface area contributed by atoms with E-state index in [0.29, 0.717) is 13.2 Å². The molecule has 1 N–H and O–H groups in total. The summed E-state index contributed by atoms with van der Waals surface area (Å²) in [6.07, 6.45) is 4.96. The first-order chi connectivity index (χ1) is 14.7. The van der Waals surface area contributed by atoms with Crippen LogP contribution in [0.4, 0.5) is 5.69 Å². The van der Waals surface area contributed by atoms with Crippen molar-refractivity contribution >= 4 is 17.2 Å². The molecule has 0 saturated carbocycles. The number of carbonyl (C=O) groups excluding carboxylic acids is 1. The zero-order valence-electron chi connectivity index (χ0n) is 17.0. The first kappa shape index (κ1) is 19.9. The molecule has 0 radical (unpaired) electrons. The van der Waals surface area contributed by atoms with Crippen LogP contribution < -0.4 is 5.32 Å². The van der Waals surface area contributed by atoms with Gasteiger partial charge in [0.2, 0.25) is 5.91 Å². The molecule has 5 nitrogen and oxygen atoms in total. The van der Waals surface area contributed by atoms with Crippen molar-refractivity contribution < 1.29 is 9.53 Å². The third-order valence-electron chi connectivity index (χ3n) is 4.93. The van der Waals surface area contributed by atoms with Crippen molar-refractivity contribution in [2.24, 2.45) is 0 Å². The Balaban J connectivity index is 1.29. The fourth-order valence-corrected chi connectivity index (χ4v) is 3.42. The van der Waals surface area contributed by atoms with E-state index in [1.807, 2.05) is 78.3 Å². The number of anilines is 1. The van der Waals surface area contributed by atoms with E-state index < -0.39 is 0 Å². The van der Waals surface area contributed by atoms with Gasteiger partial charge >= 0.3 is 0 Å². The van der Waals surface area contributed by atoms with Gasteiger partial charge in [-0.1, -0.05) is 48.5 Å². The Morgan fingerprint density at radius 2 is 1.87 bits per heavy atom. The Labute approximate surface area is 176 Å². The lowest BCUT2D eigenvalue weighted by molar-refractivity contribution is -0.115. The molecule has 0 aliphatic carbocycles. The molecular formula is C25H25N3O2. The Morgan fingerprint density at radius 1 is 1.03 bits per heavy atom. The summed E-state index contributed by atoms with van der Waals surface area (Å²) < 4.78 is 7.75. The second kappa shape index (κ2) is 9.37. The van der Waals surface area contributed by atoms with Gasteiger partial charge in [-0.15, -0.1) is 0 Å². The number of aromatic nitrogens is 2. The standard InChI is InChI=1S/C25H25N3O2/c1-19-7-6-13-28-17-23(27-25(19)28)16-24(29)26-22-11-5-10-21(15-22)18-30-14-12-20-8-3-2-4-9-20/h2-11,13,15,17H,12,14,16,18H2,1H3,(H,26,29). The number of fused-ring (bicyclic) bond motifs is 1. The van der Waals surface area contributed by atoms with Crippen LogP contribution in [0.15, 0.2) is 79.1 Å². The van der Waals surface area contributed by atoms with Gasteiger partial charge in [0, 0.05) is 18.1 Å². The van der Waals surface area contributed by atoms with Crippen LogP contribution in [0.5, 0.6) is 0 Å². The molecule has 4 aromatic rings. The molecule has 0 spiro atoms.